The molecule has 2 heterocycles. The smallest absolute Gasteiger partial charge is 0.339 e. The highest BCUT2D eigenvalue weighted by molar-refractivity contribution is 5.94. The van der Waals surface area contributed by atoms with Gasteiger partial charge < -0.3 is 15.3 Å². The fraction of sp³-hybridized carbons (Fsp3) is 0.182. The van der Waals surface area contributed by atoms with Crippen LogP contribution in [-0.2, 0) is 0 Å². The van der Waals surface area contributed by atoms with Crippen LogP contribution in [0.2, 0.25) is 0 Å². The minimum Gasteiger partial charge on any atom is -0.478 e. The molecule has 0 unspecified atom stereocenters. The van der Waals surface area contributed by atoms with Gasteiger partial charge in [-0.25, -0.2) is 4.79 Å². The lowest BCUT2D eigenvalue weighted by Crippen LogP contribution is -2.44. The lowest BCUT2D eigenvalue weighted by Gasteiger charge is -2.30. The molecule has 0 amide bonds. The van der Waals surface area contributed by atoms with E-state index in [2.05, 4.69) is 63.7 Å². The fourth-order valence-electron chi connectivity index (χ4n) is 2.99. The number of hydrogen-bond donors (Lipinski definition) is 2. The predicted octanol–water partition coefficient (Wildman–Crippen LogP) is 3.54. The van der Waals surface area contributed by atoms with E-state index < -0.39 is 5.97 Å². The number of pyridine rings is 1. The Hall–Kier alpha value is -3.18. The predicted molar refractivity (Wildman–Crippen MR) is 108 cm³/mol. The number of carbonyl (C=O) groups is 1. The lowest BCUT2D eigenvalue weighted by molar-refractivity contribution is 0.0697. The summed E-state index contributed by atoms with van der Waals surface area (Å²) in [6, 6.07) is 22.5. The van der Waals surface area contributed by atoms with Gasteiger partial charge in [-0.05, 0) is 17.2 Å². The van der Waals surface area contributed by atoms with Crippen LogP contribution in [0.4, 0.5) is 5.69 Å². The summed E-state index contributed by atoms with van der Waals surface area (Å²) in [7, 11) is 0. The van der Waals surface area contributed by atoms with Crippen molar-refractivity contribution in [1.82, 2.24) is 10.3 Å². The van der Waals surface area contributed by atoms with Gasteiger partial charge in [0, 0.05) is 38.6 Å². The number of anilines is 1. The van der Waals surface area contributed by atoms with Crippen LogP contribution in [0.5, 0.6) is 0 Å². The molecule has 0 atom stereocenters. The Morgan fingerprint density at radius 2 is 1.44 bits per heavy atom. The third kappa shape index (κ3) is 5.15. The number of carboxylic acid groups (broad SMARTS) is 1. The Bertz CT molecular complexity index is 810. The molecule has 2 aromatic carbocycles. The van der Waals surface area contributed by atoms with E-state index in [0.29, 0.717) is 0 Å². The van der Waals surface area contributed by atoms with E-state index in [1.165, 1.54) is 17.3 Å². The van der Waals surface area contributed by atoms with Crippen molar-refractivity contribution in [3.05, 3.63) is 84.7 Å². The molecule has 138 valence electrons. The number of aromatic nitrogens is 1. The quantitative estimate of drug-likeness (QED) is 0.747. The van der Waals surface area contributed by atoms with E-state index in [0.717, 1.165) is 31.9 Å². The second-order valence-corrected chi connectivity index (χ2v) is 6.17. The van der Waals surface area contributed by atoms with Gasteiger partial charge in [0.25, 0.3) is 0 Å². The Kier molecular flexibility index (Phi) is 6.55. The lowest BCUT2D eigenvalue weighted by atomic mass is 10.1. The van der Waals surface area contributed by atoms with Crippen molar-refractivity contribution in [2.75, 3.05) is 31.1 Å². The highest BCUT2D eigenvalue weighted by atomic mass is 16.4. The van der Waals surface area contributed by atoms with Gasteiger partial charge in [-0.1, -0.05) is 60.7 Å². The van der Waals surface area contributed by atoms with Crippen LogP contribution >= 0.6 is 0 Å². The van der Waals surface area contributed by atoms with Crippen LogP contribution < -0.4 is 10.2 Å². The zero-order chi connectivity index (χ0) is 18.9. The van der Waals surface area contributed by atoms with Crippen molar-refractivity contribution >= 4 is 11.7 Å². The molecular formula is C22H23N3O2. The number of hydrogen-bond acceptors (Lipinski definition) is 4. The van der Waals surface area contributed by atoms with E-state index in [1.807, 2.05) is 12.1 Å². The Morgan fingerprint density at radius 1 is 0.889 bits per heavy atom. The largest absolute Gasteiger partial charge is 0.478 e. The van der Waals surface area contributed by atoms with Gasteiger partial charge in [-0.2, -0.15) is 0 Å². The molecular weight excluding hydrogens is 338 g/mol. The van der Waals surface area contributed by atoms with Crippen molar-refractivity contribution in [2.45, 2.75) is 0 Å². The van der Waals surface area contributed by atoms with Crippen LogP contribution in [0.3, 0.4) is 0 Å². The topological polar surface area (TPSA) is 65.5 Å². The fourth-order valence-corrected chi connectivity index (χ4v) is 2.99. The van der Waals surface area contributed by atoms with Crippen molar-refractivity contribution in [2.24, 2.45) is 0 Å². The van der Waals surface area contributed by atoms with Gasteiger partial charge in [0.2, 0.25) is 0 Å². The summed E-state index contributed by atoms with van der Waals surface area (Å²) < 4.78 is 0. The number of nitrogens with zero attached hydrogens (tertiary/aromatic N) is 2. The summed E-state index contributed by atoms with van der Waals surface area (Å²) >= 11 is 0. The van der Waals surface area contributed by atoms with Crippen molar-refractivity contribution in [3.63, 3.8) is 0 Å². The SMILES string of the molecule is O=C(O)c1cnccc1N1CCNCC1.c1ccc(-c2ccccc2)cc1. The summed E-state index contributed by atoms with van der Waals surface area (Å²) in [5, 5.41) is 12.2. The number of aromatic carboxylic acids is 1. The molecule has 0 radical (unpaired) electrons. The molecule has 1 fully saturated rings. The molecule has 1 aliphatic rings. The summed E-state index contributed by atoms with van der Waals surface area (Å²) in [6.45, 7) is 3.46. The van der Waals surface area contributed by atoms with E-state index in [4.69, 9.17) is 5.11 Å². The monoisotopic (exact) mass is 361 g/mol. The van der Waals surface area contributed by atoms with Crippen LogP contribution in [0, 0.1) is 0 Å². The molecule has 1 saturated heterocycles. The average molecular weight is 361 g/mol. The molecule has 1 aliphatic heterocycles. The second-order valence-electron chi connectivity index (χ2n) is 6.17. The molecule has 27 heavy (non-hydrogen) atoms. The highest BCUT2D eigenvalue weighted by Crippen LogP contribution is 2.19. The van der Waals surface area contributed by atoms with Gasteiger partial charge in [0.15, 0.2) is 0 Å². The summed E-state index contributed by atoms with van der Waals surface area (Å²) in [6.07, 6.45) is 3.03. The summed E-state index contributed by atoms with van der Waals surface area (Å²) in [5.74, 6) is -0.920. The number of benzene rings is 2. The van der Waals surface area contributed by atoms with Crippen molar-refractivity contribution in [3.8, 4) is 11.1 Å². The first kappa shape index (κ1) is 18.6. The number of piperazine rings is 1. The molecule has 4 rings (SSSR count). The van der Waals surface area contributed by atoms with E-state index in [1.54, 1.807) is 12.3 Å². The molecule has 0 aliphatic carbocycles. The highest BCUT2D eigenvalue weighted by Gasteiger charge is 2.17. The van der Waals surface area contributed by atoms with E-state index in [-0.39, 0.29) is 5.56 Å². The summed E-state index contributed by atoms with van der Waals surface area (Å²) in [5.41, 5.74) is 3.59. The van der Waals surface area contributed by atoms with Gasteiger partial charge in [-0.15, -0.1) is 0 Å². The molecule has 0 saturated carbocycles. The maximum Gasteiger partial charge on any atom is 0.339 e. The molecule has 5 nitrogen and oxygen atoms in total. The minimum atomic E-state index is -0.920. The van der Waals surface area contributed by atoms with Crippen LogP contribution in [-0.4, -0.2) is 42.2 Å². The maximum atomic E-state index is 11.0. The first-order valence-corrected chi connectivity index (χ1v) is 8.99. The maximum absolute atomic E-state index is 11.0. The number of nitrogens with one attached hydrogen (secondary N) is 1. The molecule has 5 heteroatoms. The third-order valence-electron chi connectivity index (χ3n) is 4.37. The second kappa shape index (κ2) is 9.50. The number of carboxylic acids is 1. The molecule has 0 spiro atoms. The van der Waals surface area contributed by atoms with E-state index in [9.17, 15) is 4.79 Å². The first-order valence-electron chi connectivity index (χ1n) is 8.99. The van der Waals surface area contributed by atoms with E-state index >= 15 is 0 Å². The zero-order valence-corrected chi connectivity index (χ0v) is 15.1. The van der Waals surface area contributed by atoms with Crippen LogP contribution in [0.1, 0.15) is 10.4 Å². The van der Waals surface area contributed by atoms with Gasteiger partial charge >= 0.3 is 5.97 Å². The molecule has 2 N–H and O–H groups in total. The van der Waals surface area contributed by atoms with Crippen LogP contribution in [0.15, 0.2) is 79.1 Å². The first-order chi connectivity index (χ1) is 13.3. The minimum absolute atomic E-state index is 0.277. The Balaban J connectivity index is 0.000000159. The normalized spacial score (nSPS) is 13.4. The van der Waals surface area contributed by atoms with Gasteiger partial charge in [-0.3, -0.25) is 4.98 Å². The number of rotatable bonds is 3. The summed E-state index contributed by atoms with van der Waals surface area (Å²) in [4.78, 5) is 16.9. The standard InChI is InChI=1S/C12H10.C10H13N3O2/c1-3-7-11(8-4-1)12-9-5-2-6-10-12;14-10(15)8-7-12-2-1-9(8)13-5-3-11-4-6-13/h1-10H;1-2,7,11H,3-6H2,(H,14,15). The Labute approximate surface area is 159 Å². The van der Waals surface area contributed by atoms with Gasteiger partial charge in [0.05, 0.1) is 5.69 Å². The third-order valence-corrected chi connectivity index (χ3v) is 4.37. The van der Waals surface area contributed by atoms with Crippen molar-refractivity contribution in [1.29, 1.82) is 0 Å². The zero-order valence-electron chi connectivity index (χ0n) is 15.1. The molecule has 1 aromatic heterocycles. The Morgan fingerprint density at radius 3 is 1.96 bits per heavy atom. The van der Waals surface area contributed by atoms with Crippen molar-refractivity contribution < 1.29 is 9.90 Å². The molecule has 3 aromatic rings. The average Bonchev–Trinajstić information content (AvgIpc) is 2.76. The molecule has 0 bridgehead atoms. The van der Waals surface area contributed by atoms with Crippen LogP contribution in [0.25, 0.3) is 11.1 Å². The van der Waals surface area contributed by atoms with Gasteiger partial charge in [0.1, 0.15) is 5.56 Å².